The van der Waals surface area contributed by atoms with Crippen LogP contribution >= 0.6 is 22.7 Å². The zero-order valence-corrected chi connectivity index (χ0v) is 15.2. The Labute approximate surface area is 143 Å². The molecule has 23 heavy (non-hydrogen) atoms. The normalized spacial score (nSPS) is 27.5. The highest BCUT2D eigenvalue weighted by Crippen LogP contribution is 2.35. The van der Waals surface area contributed by atoms with Crippen molar-refractivity contribution in [2.45, 2.75) is 25.3 Å². The number of rotatable bonds is 4. The topological polar surface area (TPSA) is 66.4 Å². The molecule has 2 aromatic heterocycles. The first-order valence-electron chi connectivity index (χ1n) is 7.53. The molecule has 6 nitrogen and oxygen atoms in total. The van der Waals surface area contributed by atoms with E-state index in [1.807, 2.05) is 17.7 Å². The van der Waals surface area contributed by atoms with E-state index in [-0.39, 0.29) is 11.2 Å². The van der Waals surface area contributed by atoms with Gasteiger partial charge in [-0.2, -0.15) is 4.31 Å². The van der Waals surface area contributed by atoms with Crippen LogP contribution in [-0.4, -0.2) is 52.5 Å². The van der Waals surface area contributed by atoms with Crippen LogP contribution in [0.5, 0.6) is 0 Å². The van der Waals surface area contributed by atoms with E-state index in [0.29, 0.717) is 19.6 Å². The number of aryl methyl sites for hydroxylation is 1. The highest BCUT2D eigenvalue weighted by atomic mass is 32.2. The van der Waals surface area contributed by atoms with Crippen molar-refractivity contribution >= 4 is 32.7 Å². The van der Waals surface area contributed by atoms with Gasteiger partial charge >= 0.3 is 0 Å². The summed E-state index contributed by atoms with van der Waals surface area (Å²) in [5.41, 5.74) is 0.857. The average molecular weight is 371 g/mol. The zero-order chi connectivity index (χ0) is 16.0. The molecular formula is C14H18N4O2S3. The van der Waals surface area contributed by atoms with Gasteiger partial charge in [-0.05, 0) is 6.92 Å². The Morgan fingerprint density at radius 2 is 2.13 bits per heavy atom. The molecule has 0 N–H and O–H groups in total. The van der Waals surface area contributed by atoms with Gasteiger partial charge in [-0.25, -0.2) is 18.4 Å². The molecule has 0 bridgehead atoms. The van der Waals surface area contributed by atoms with Crippen molar-refractivity contribution in [1.82, 2.24) is 19.2 Å². The van der Waals surface area contributed by atoms with E-state index in [1.54, 1.807) is 33.2 Å². The molecule has 2 aliphatic rings. The fraction of sp³-hybridized carbons (Fsp3) is 0.571. The lowest BCUT2D eigenvalue weighted by atomic mass is 10.1. The van der Waals surface area contributed by atoms with E-state index in [1.165, 1.54) is 0 Å². The Bertz CT molecular complexity index is 787. The lowest BCUT2D eigenvalue weighted by molar-refractivity contribution is 0.294. The van der Waals surface area contributed by atoms with Gasteiger partial charge in [-0.15, -0.1) is 22.7 Å². The van der Waals surface area contributed by atoms with Gasteiger partial charge in [0.05, 0.1) is 29.0 Å². The summed E-state index contributed by atoms with van der Waals surface area (Å²) < 4.78 is 27.2. The Balaban J connectivity index is 1.45. The average Bonchev–Trinajstić information content (AvgIpc) is 3.23. The third-order valence-electron chi connectivity index (χ3n) is 4.48. The fourth-order valence-corrected chi connectivity index (χ4v) is 6.88. The highest BCUT2D eigenvalue weighted by Gasteiger charge is 2.50. The summed E-state index contributed by atoms with van der Waals surface area (Å²) in [7, 11) is -3.23. The molecule has 0 saturated carbocycles. The maximum absolute atomic E-state index is 12.8. The number of sulfonamides is 1. The second-order valence-corrected chi connectivity index (χ2v) is 10.3. The molecular weight excluding hydrogens is 352 g/mol. The molecule has 9 heteroatoms. The van der Waals surface area contributed by atoms with Crippen LogP contribution in [0.15, 0.2) is 17.0 Å². The zero-order valence-electron chi connectivity index (χ0n) is 12.8. The molecule has 0 radical (unpaired) electrons. The third-order valence-corrected chi connectivity index (χ3v) is 8.37. The summed E-state index contributed by atoms with van der Waals surface area (Å²) in [6, 6.07) is 0. The second-order valence-electron chi connectivity index (χ2n) is 6.11. The Morgan fingerprint density at radius 1 is 1.26 bits per heavy atom. The second kappa shape index (κ2) is 5.89. The van der Waals surface area contributed by atoms with Crippen molar-refractivity contribution in [1.29, 1.82) is 0 Å². The van der Waals surface area contributed by atoms with Gasteiger partial charge in [-0.3, -0.25) is 4.90 Å². The van der Waals surface area contributed by atoms with Crippen LogP contribution in [0.4, 0.5) is 0 Å². The number of fused-ring (bicyclic) bond motifs is 1. The standard InChI is InChI=1S/C14H18N4O2S3/c1-10-16-12(9-22-10)6-18-5-11-4-17(7-13(11)23(18,19)20)8-14-15-2-3-21-14/h2-3,9,11,13H,4-8H2,1H3/t11-,13+/m0/s1. The third kappa shape index (κ3) is 2.96. The SMILES string of the molecule is Cc1nc(CN2C[C@@H]3CN(Cc4nccs4)C[C@H]3S2(=O)=O)cs1. The summed E-state index contributed by atoms with van der Waals surface area (Å²) in [6.45, 7) is 5.16. The first-order chi connectivity index (χ1) is 11.0. The molecule has 2 aliphatic heterocycles. The number of aromatic nitrogens is 2. The van der Waals surface area contributed by atoms with Crippen LogP contribution in [0.3, 0.4) is 0 Å². The van der Waals surface area contributed by atoms with Crippen molar-refractivity contribution in [3.05, 3.63) is 32.7 Å². The largest absolute Gasteiger partial charge is 0.295 e. The van der Waals surface area contributed by atoms with Crippen molar-refractivity contribution in [3.8, 4) is 0 Å². The van der Waals surface area contributed by atoms with Crippen LogP contribution in [0.2, 0.25) is 0 Å². The van der Waals surface area contributed by atoms with E-state index in [2.05, 4.69) is 14.9 Å². The molecule has 2 saturated heterocycles. The Kier molecular flexibility index (Phi) is 4.01. The van der Waals surface area contributed by atoms with Crippen molar-refractivity contribution in [2.24, 2.45) is 5.92 Å². The maximum Gasteiger partial charge on any atom is 0.218 e. The maximum atomic E-state index is 12.8. The number of thiazole rings is 2. The molecule has 4 rings (SSSR count). The van der Waals surface area contributed by atoms with E-state index in [4.69, 9.17) is 0 Å². The Morgan fingerprint density at radius 3 is 2.78 bits per heavy atom. The van der Waals surface area contributed by atoms with Crippen LogP contribution in [0, 0.1) is 12.8 Å². The van der Waals surface area contributed by atoms with Crippen molar-refractivity contribution in [2.75, 3.05) is 19.6 Å². The van der Waals surface area contributed by atoms with Gasteiger partial charge in [0.25, 0.3) is 0 Å². The quantitative estimate of drug-likeness (QED) is 0.817. The van der Waals surface area contributed by atoms with Crippen molar-refractivity contribution in [3.63, 3.8) is 0 Å². The molecule has 4 heterocycles. The molecule has 0 aromatic carbocycles. The lowest BCUT2D eigenvalue weighted by Crippen LogP contribution is -2.34. The van der Waals surface area contributed by atoms with Gasteiger partial charge < -0.3 is 0 Å². The summed E-state index contributed by atoms with van der Waals surface area (Å²) >= 11 is 3.19. The number of nitrogens with zero attached hydrogens (tertiary/aromatic N) is 4. The summed E-state index contributed by atoms with van der Waals surface area (Å²) in [5, 5.41) is 5.67. The van der Waals surface area contributed by atoms with Crippen molar-refractivity contribution < 1.29 is 8.42 Å². The van der Waals surface area contributed by atoms with Crippen LogP contribution in [0.25, 0.3) is 0 Å². The monoisotopic (exact) mass is 370 g/mol. The molecule has 2 atom stereocenters. The minimum Gasteiger partial charge on any atom is -0.295 e. The predicted molar refractivity (Wildman–Crippen MR) is 90.8 cm³/mol. The lowest BCUT2D eigenvalue weighted by Gasteiger charge is -2.20. The van der Waals surface area contributed by atoms with Gasteiger partial charge in [0.15, 0.2) is 0 Å². The predicted octanol–water partition coefficient (Wildman–Crippen LogP) is 1.55. The van der Waals surface area contributed by atoms with E-state index in [9.17, 15) is 8.42 Å². The summed E-state index contributed by atoms with van der Waals surface area (Å²) in [4.78, 5) is 10.9. The first-order valence-corrected chi connectivity index (χ1v) is 10.8. The highest BCUT2D eigenvalue weighted by molar-refractivity contribution is 7.90. The van der Waals surface area contributed by atoms with Crippen LogP contribution in [-0.2, 0) is 23.1 Å². The minimum atomic E-state index is -3.23. The van der Waals surface area contributed by atoms with E-state index in [0.717, 1.165) is 28.8 Å². The molecule has 2 aromatic rings. The summed E-state index contributed by atoms with van der Waals surface area (Å²) in [5.74, 6) is 0.194. The number of likely N-dealkylation sites (tertiary alicyclic amines) is 1. The van der Waals surface area contributed by atoms with E-state index < -0.39 is 10.0 Å². The molecule has 0 aliphatic carbocycles. The van der Waals surface area contributed by atoms with Crippen LogP contribution < -0.4 is 0 Å². The molecule has 2 fully saturated rings. The smallest absolute Gasteiger partial charge is 0.218 e. The van der Waals surface area contributed by atoms with Crippen LogP contribution in [0.1, 0.15) is 15.7 Å². The number of hydrogen-bond acceptors (Lipinski definition) is 7. The summed E-state index contributed by atoms with van der Waals surface area (Å²) in [6.07, 6.45) is 1.80. The molecule has 0 amide bonds. The van der Waals surface area contributed by atoms with Gasteiger partial charge in [0.2, 0.25) is 10.0 Å². The molecule has 0 spiro atoms. The number of hydrogen-bond donors (Lipinski definition) is 0. The van der Waals surface area contributed by atoms with Gasteiger partial charge in [0.1, 0.15) is 5.01 Å². The van der Waals surface area contributed by atoms with E-state index >= 15 is 0 Å². The van der Waals surface area contributed by atoms with Gasteiger partial charge in [0, 0.05) is 42.5 Å². The first kappa shape index (κ1) is 15.6. The molecule has 124 valence electrons. The molecule has 0 unspecified atom stereocenters. The fourth-order valence-electron chi connectivity index (χ4n) is 3.46. The Hall–Kier alpha value is -0.870. The minimum absolute atomic E-state index is 0.194. The van der Waals surface area contributed by atoms with Gasteiger partial charge in [-0.1, -0.05) is 0 Å².